The molecule has 0 atom stereocenters. The number of carbonyl (C=O) groups is 1. The maximum Gasteiger partial charge on any atom is 0.355 e. The smallest absolute Gasteiger partial charge is 0.355 e. The van der Waals surface area contributed by atoms with Crippen molar-refractivity contribution in [1.82, 2.24) is 4.98 Å². The lowest BCUT2D eigenvalue weighted by molar-refractivity contribution is 0.0690. The molecular weight excluding hydrogens is 214 g/mol. The van der Waals surface area contributed by atoms with Crippen LogP contribution >= 0.6 is 11.3 Å². The number of aromatic nitrogens is 1. The molecule has 0 saturated heterocycles. The van der Waals surface area contributed by atoms with Crippen LogP contribution in [0.15, 0.2) is 5.38 Å². The van der Waals surface area contributed by atoms with Crippen LogP contribution in [0.25, 0.3) is 0 Å². The molecule has 2 N–H and O–H groups in total. The topological polar surface area (TPSA) is 70.4 Å². The van der Waals surface area contributed by atoms with E-state index in [0.29, 0.717) is 5.92 Å². The van der Waals surface area contributed by atoms with Gasteiger partial charge in [-0.15, -0.1) is 11.3 Å². The zero-order chi connectivity index (χ0) is 10.8. The number of hydrogen-bond donors (Lipinski definition) is 2. The SMILES string of the molecule is O=C(O)c1csc(C2CCC(O)CC2)n1. The molecule has 0 spiro atoms. The minimum absolute atomic E-state index is 0.140. The second-order valence-corrected chi connectivity index (χ2v) is 4.77. The minimum atomic E-state index is -0.964. The molecule has 5 heteroatoms. The molecule has 0 aliphatic heterocycles. The van der Waals surface area contributed by atoms with Crippen LogP contribution in [0.2, 0.25) is 0 Å². The maximum absolute atomic E-state index is 10.7. The van der Waals surface area contributed by atoms with E-state index in [0.717, 1.165) is 30.7 Å². The Hall–Kier alpha value is -0.940. The van der Waals surface area contributed by atoms with Crippen LogP contribution in [0.4, 0.5) is 0 Å². The molecular formula is C10H13NO3S. The summed E-state index contributed by atoms with van der Waals surface area (Å²) in [4.78, 5) is 14.7. The zero-order valence-corrected chi connectivity index (χ0v) is 9.04. The Bertz CT molecular complexity index is 355. The Labute approximate surface area is 91.6 Å². The molecule has 1 aliphatic rings. The van der Waals surface area contributed by atoms with Crippen LogP contribution in [0.3, 0.4) is 0 Å². The van der Waals surface area contributed by atoms with Gasteiger partial charge in [0.05, 0.1) is 11.1 Å². The van der Waals surface area contributed by atoms with E-state index in [4.69, 9.17) is 5.11 Å². The Morgan fingerprint density at radius 2 is 2.07 bits per heavy atom. The average Bonchev–Trinajstić information content (AvgIpc) is 2.68. The Balaban J connectivity index is 2.06. The maximum atomic E-state index is 10.7. The van der Waals surface area contributed by atoms with Crippen molar-refractivity contribution in [2.24, 2.45) is 0 Å². The Morgan fingerprint density at radius 1 is 1.40 bits per heavy atom. The number of nitrogens with zero attached hydrogens (tertiary/aromatic N) is 1. The van der Waals surface area contributed by atoms with E-state index in [2.05, 4.69) is 4.98 Å². The van der Waals surface area contributed by atoms with E-state index in [9.17, 15) is 9.90 Å². The lowest BCUT2D eigenvalue weighted by Gasteiger charge is -2.23. The summed E-state index contributed by atoms with van der Waals surface area (Å²) >= 11 is 1.41. The zero-order valence-electron chi connectivity index (χ0n) is 8.22. The van der Waals surface area contributed by atoms with Gasteiger partial charge in [-0.25, -0.2) is 9.78 Å². The van der Waals surface area contributed by atoms with Crippen LogP contribution in [0.1, 0.15) is 47.1 Å². The van der Waals surface area contributed by atoms with Crippen LogP contribution in [-0.2, 0) is 0 Å². The lowest BCUT2D eigenvalue weighted by Crippen LogP contribution is -2.16. The highest BCUT2D eigenvalue weighted by Crippen LogP contribution is 2.34. The highest BCUT2D eigenvalue weighted by molar-refractivity contribution is 7.09. The van der Waals surface area contributed by atoms with E-state index in [1.165, 1.54) is 11.3 Å². The highest BCUT2D eigenvalue weighted by atomic mass is 32.1. The first-order valence-electron chi connectivity index (χ1n) is 5.03. The van der Waals surface area contributed by atoms with Gasteiger partial charge in [0, 0.05) is 11.3 Å². The molecule has 82 valence electrons. The van der Waals surface area contributed by atoms with Crippen LogP contribution in [-0.4, -0.2) is 27.3 Å². The molecule has 1 aliphatic carbocycles. The third-order valence-electron chi connectivity index (χ3n) is 2.79. The predicted molar refractivity (Wildman–Crippen MR) is 56.3 cm³/mol. The van der Waals surface area contributed by atoms with Crippen molar-refractivity contribution in [2.75, 3.05) is 0 Å². The van der Waals surface area contributed by atoms with Gasteiger partial charge in [-0.05, 0) is 25.7 Å². The molecule has 15 heavy (non-hydrogen) atoms. The van der Waals surface area contributed by atoms with Crippen LogP contribution < -0.4 is 0 Å². The first kappa shape index (κ1) is 10.6. The number of aromatic carboxylic acids is 1. The van der Waals surface area contributed by atoms with Crippen molar-refractivity contribution < 1.29 is 15.0 Å². The van der Waals surface area contributed by atoms with E-state index >= 15 is 0 Å². The van der Waals surface area contributed by atoms with Gasteiger partial charge in [0.2, 0.25) is 0 Å². The van der Waals surface area contributed by atoms with Crippen LogP contribution in [0.5, 0.6) is 0 Å². The number of hydrogen-bond acceptors (Lipinski definition) is 4. The van der Waals surface area contributed by atoms with Gasteiger partial charge in [0.1, 0.15) is 0 Å². The number of aliphatic hydroxyl groups excluding tert-OH is 1. The Kier molecular flexibility index (Phi) is 3.02. The molecule has 1 heterocycles. The van der Waals surface area contributed by atoms with Crippen molar-refractivity contribution in [3.63, 3.8) is 0 Å². The highest BCUT2D eigenvalue weighted by Gasteiger charge is 2.23. The van der Waals surface area contributed by atoms with E-state index in [1.807, 2.05) is 0 Å². The predicted octanol–water partition coefficient (Wildman–Crippen LogP) is 1.86. The monoisotopic (exact) mass is 227 g/mol. The fraction of sp³-hybridized carbons (Fsp3) is 0.600. The third kappa shape index (κ3) is 2.35. The molecule has 0 amide bonds. The molecule has 1 aromatic rings. The van der Waals surface area contributed by atoms with Gasteiger partial charge in [-0.3, -0.25) is 0 Å². The average molecular weight is 227 g/mol. The molecule has 0 bridgehead atoms. The second-order valence-electron chi connectivity index (χ2n) is 3.88. The lowest BCUT2D eigenvalue weighted by atomic mass is 9.88. The number of thiazole rings is 1. The summed E-state index contributed by atoms with van der Waals surface area (Å²) in [7, 11) is 0. The second kappa shape index (κ2) is 4.28. The minimum Gasteiger partial charge on any atom is -0.476 e. The summed E-state index contributed by atoms with van der Waals surface area (Å²) in [6, 6.07) is 0. The van der Waals surface area contributed by atoms with E-state index in [-0.39, 0.29) is 11.8 Å². The number of carboxylic acid groups (broad SMARTS) is 1. The summed E-state index contributed by atoms with van der Waals surface area (Å²) in [5.74, 6) is -0.625. The summed E-state index contributed by atoms with van der Waals surface area (Å²) in [6.45, 7) is 0. The van der Waals surface area contributed by atoms with E-state index < -0.39 is 5.97 Å². The number of aliphatic hydroxyl groups is 1. The van der Waals surface area contributed by atoms with Gasteiger partial charge in [0.25, 0.3) is 0 Å². The molecule has 4 nitrogen and oxygen atoms in total. The summed E-state index contributed by atoms with van der Waals surface area (Å²) in [5.41, 5.74) is 0.140. The standard InChI is InChI=1S/C10H13NO3S/c12-7-3-1-6(2-4-7)9-11-8(5-15-9)10(13)14/h5-7,12H,1-4H2,(H,13,14). The fourth-order valence-corrected chi connectivity index (χ4v) is 2.86. The van der Waals surface area contributed by atoms with Gasteiger partial charge in [-0.1, -0.05) is 0 Å². The first-order valence-corrected chi connectivity index (χ1v) is 5.91. The molecule has 1 fully saturated rings. The molecule has 0 unspecified atom stereocenters. The Morgan fingerprint density at radius 3 is 2.60 bits per heavy atom. The van der Waals surface area contributed by atoms with Crippen molar-refractivity contribution in [3.05, 3.63) is 16.1 Å². The number of rotatable bonds is 2. The third-order valence-corrected chi connectivity index (χ3v) is 3.79. The van der Waals surface area contributed by atoms with Crippen molar-refractivity contribution in [2.45, 2.75) is 37.7 Å². The van der Waals surface area contributed by atoms with Crippen molar-refractivity contribution >= 4 is 17.3 Å². The van der Waals surface area contributed by atoms with Gasteiger partial charge in [0.15, 0.2) is 5.69 Å². The molecule has 1 saturated carbocycles. The summed E-state index contributed by atoms with van der Waals surface area (Å²) in [5, 5.41) is 20.6. The number of carboxylic acids is 1. The van der Waals surface area contributed by atoms with Crippen LogP contribution in [0, 0.1) is 0 Å². The van der Waals surface area contributed by atoms with Gasteiger partial charge < -0.3 is 10.2 Å². The summed E-state index contributed by atoms with van der Waals surface area (Å²) < 4.78 is 0. The molecule has 2 rings (SSSR count). The molecule has 0 aromatic carbocycles. The summed E-state index contributed by atoms with van der Waals surface area (Å²) in [6.07, 6.45) is 3.24. The van der Waals surface area contributed by atoms with Gasteiger partial charge in [-0.2, -0.15) is 0 Å². The molecule has 1 aromatic heterocycles. The molecule has 0 radical (unpaired) electrons. The normalized spacial score (nSPS) is 26.5. The van der Waals surface area contributed by atoms with E-state index in [1.54, 1.807) is 5.38 Å². The van der Waals surface area contributed by atoms with Crippen molar-refractivity contribution in [1.29, 1.82) is 0 Å². The van der Waals surface area contributed by atoms with Gasteiger partial charge >= 0.3 is 5.97 Å². The quantitative estimate of drug-likeness (QED) is 0.809. The largest absolute Gasteiger partial charge is 0.476 e. The first-order chi connectivity index (χ1) is 7.16. The fourth-order valence-electron chi connectivity index (χ4n) is 1.90. The van der Waals surface area contributed by atoms with Crippen molar-refractivity contribution in [3.8, 4) is 0 Å².